The van der Waals surface area contributed by atoms with Crippen LogP contribution in [-0.4, -0.2) is 11.2 Å². The van der Waals surface area contributed by atoms with Crippen molar-refractivity contribution in [1.82, 2.24) is 0 Å². The molecule has 13 heavy (non-hydrogen) atoms. The van der Waals surface area contributed by atoms with Crippen molar-refractivity contribution in [3.63, 3.8) is 0 Å². The van der Waals surface area contributed by atoms with Crippen LogP contribution in [0, 0.1) is 0 Å². The van der Waals surface area contributed by atoms with Crippen LogP contribution in [0.25, 0.3) is 0 Å². The number of rotatable bonds is 5. The maximum atomic E-state index is 5.35. The normalized spacial score (nSPS) is 13.0. The number of hydrogen-bond acceptors (Lipinski definition) is 2. The van der Waals surface area contributed by atoms with Gasteiger partial charge in [0.15, 0.2) is 0 Å². The van der Waals surface area contributed by atoms with Crippen molar-refractivity contribution in [2.24, 2.45) is 0 Å². The summed E-state index contributed by atoms with van der Waals surface area (Å²) in [6.45, 7) is 13.6. The van der Waals surface area contributed by atoms with Gasteiger partial charge in [0.1, 0.15) is 0 Å². The topological polar surface area (TPSA) is 18.5 Å². The van der Waals surface area contributed by atoms with Crippen molar-refractivity contribution in [3.05, 3.63) is 12.7 Å². The molecule has 2 heteroatoms. The lowest BCUT2D eigenvalue weighted by Crippen LogP contribution is -2.30. The molecule has 0 unspecified atom stereocenters. The Morgan fingerprint density at radius 2 is 1.62 bits per heavy atom. The molecular weight excluding hydrogens is 164 g/mol. The van der Waals surface area contributed by atoms with Crippen molar-refractivity contribution in [3.8, 4) is 0 Å². The molecule has 0 bridgehead atoms. The van der Waals surface area contributed by atoms with Crippen molar-refractivity contribution in [2.75, 3.05) is 0 Å². The quantitative estimate of drug-likeness (QED) is 0.372. The molecule has 0 heterocycles. The summed E-state index contributed by atoms with van der Waals surface area (Å²) in [5, 5.41) is 0. The molecule has 0 aromatic heterocycles. The fraction of sp³-hybridized carbons (Fsp3) is 0.818. The molecule has 0 radical (unpaired) electrons. The fourth-order valence-corrected chi connectivity index (χ4v) is 0.729. The fourth-order valence-electron chi connectivity index (χ4n) is 0.729. The Labute approximate surface area is 81.9 Å². The van der Waals surface area contributed by atoms with Crippen molar-refractivity contribution >= 4 is 0 Å². The third kappa shape index (κ3) is 8.00. The Hall–Kier alpha value is -0.340. The molecule has 0 amide bonds. The van der Waals surface area contributed by atoms with E-state index in [1.807, 2.05) is 40.7 Å². The van der Waals surface area contributed by atoms with Gasteiger partial charge < -0.3 is 0 Å². The molecule has 0 aliphatic heterocycles. The average molecular weight is 186 g/mol. The smallest absolute Gasteiger partial charge is 0.0983 e. The van der Waals surface area contributed by atoms with E-state index in [1.165, 1.54) is 0 Å². The predicted octanol–water partition coefficient (Wildman–Crippen LogP) is 3.48. The minimum Gasteiger partial charge on any atom is -0.230 e. The summed E-state index contributed by atoms with van der Waals surface area (Å²) in [5.41, 5.74) is -0.479. The van der Waals surface area contributed by atoms with Gasteiger partial charge in [0.05, 0.1) is 11.2 Å². The second kappa shape index (κ2) is 4.77. The van der Waals surface area contributed by atoms with Crippen molar-refractivity contribution < 1.29 is 9.78 Å². The van der Waals surface area contributed by atoms with Crippen LogP contribution in [0.5, 0.6) is 0 Å². The van der Waals surface area contributed by atoms with E-state index in [-0.39, 0.29) is 11.2 Å². The monoisotopic (exact) mass is 186 g/mol. The largest absolute Gasteiger partial charge is 0.230 e. The van der Waals surface area contributed by atoms with Gasteiger partial charge in [-0.25, -0.2) is 9.78 Å². The molecular formula is C11H22O2. The maximum Gasteiger partial charge on any atom is 0.0983 e. The zero-order valence-corrected chi connectivity index (χ0v) is 9.52. The lowest BCUT2D eigenvalue weighted by atomic mass is 10.0. The molecule has 0 aromatic rings. The summed E-state index contributed by atoms with van der Waals surface area (Å²) in [6.07, 6.45) is 3.76. The maximum absolute atomic E-state index is 5.35. The van der Waals surface area contributed by atoms with Crippen LogP contribution in [0.4, 0.5) is 0 Å². The second-order valence-electron chi connectivity index (χ2n) is 4.87. The highest BCUT2D eigenvalue weighted by atomic mass is 17.2. The summed E-state index contributed by atoms with van der Waals surface area (Å²) in [5.74, 6) is 0. The summed E-state index contributed by atoms with van der Waals surface area (Å²) in [7, 11) is 0. The van der Waals surface area contributed by atoms with Gasteiger partial charge in [0.2, 0.25) is 0 Å². The number of hydrogen-bond donors (Lipinski definition) is 0. The first-order chi connectivity index (χ1) is 5.77. The number of allylic oxidation sites excluding steroid dienone is 1. The van der Waals surface area contributed by atoms with Crippen LogP contribution in [0.2, 0.25) is 0 Å². The summed E-state index contributed by atoms with van der Waals surface area (Å²) < 4.78 is 0. The van der Waals surface area contributed by atoms with Gasteiger partial charge >= 0.3 is 0 Å². The Balaban J connectivity index is 3.81. The van der Waals surface area contributed by atoms with Crippen molar-refractivity contribution in [2.45, 2.75) is 58.7 Å². The summed E-state index contributed by atoms with van der Waals surface area (Å²) >= 11 is 0. The molecule has 0 spiro atoms. The van der Waals surface area contributed by atoms with Gasteiger partial charge in [-0.05, 0) is 47.5 Å². The van der Waals surface area contributed by atoms with Gasteiger partial charge in [0.25, 0.3) is 0 Å². The Morgan fingerprint density at radius 3 is 2.00 bits per heavy atom. The molecule has 0 aromatic carbocycles. The second-order valence-corrected chi connectivity index (χ2v) is 4.87. The third-order valence-corrected chi connectivity index (χ3v) is 1.47. The molecule has 0 N–H and O–H groups in total. The van der Waals surface area contributed by atoms with Gasteiger partial charge in [-0.15, -0.1) is 6.58 Å². The molecule has 0 aliphatic rings. The summed E-state index contributed by atoms with van der Waals surface area (Å²) in [4.78, 5) is 10.6. The minimum atomic E-state index is -0.245. The van der Waals surface area contributed by atoms with E-state index in [1.54, 1.807) is 0 Å². The molecule has 0 saturated carbocycles. The van der Waals surface area contributed by atoms with Crippen LogP contribution in [0.3, 0.4) is 0 Å². The van der Waals surface area contributed by atoms with E-state index in [4.69, 9.17) is 9.78 Å². The van der Waals surface area contributed by atoms with E-state index in [2.05, 4.69) is 6.58 Å². The Kier molecular flexibility index (Phi) is 4.65. The molecule has 0 fully saturated rings. The van der Waals surface area contributed by atoms with Crippen LogP contribution in [0.15, 0.2) is 12.7 Å². The lowest BCUT2D eigenvalue weighted by Gasteiger charge is -2.28. The standard InChI is InChI=1S/C11H22O2/c1-7-8-9-11(5,6)13-12-10(2,3)4/h7H,1,8-9H2,2-6H3. The van der Waals surface area contributed by atoms with E-state index in [9.17, 15) is 0 Å². The zero-order chi connectivity index (χ0) is 10.5. The molecule has 0 aliphatic carbocycles. The zero-order valence-electron chi connectivity index (χ0n) is 9.52. The highest BCUT2D eigenvalue weighted by Crippen LogP contribution is 2.20. The molecule has 0 atom stereocenters. The minimum absolute atomic E-state index is 0.235. The van der Waals surface area contributed by atoms with Crippen LogP contribution in [0.1, 0.15) is 47.5 Å². The van der Waals surface area contributed by atoms with E-state index in [0.717, 1.165) is 12.8 Å². The first kappa shape index (κ1) is 12.7. The van der Waals surface area contributed by atoms with E-state index < -0.39 is 0 Å². The van der Waals surface area contributed by atoms with E-state index >= 15 is 0 Å². The highest BCUT2D eigenvalue weighted by Gasteiger charge is 2.22. The predicted molar refractivity (Wildman–Crippen MR) is 55.4 cm³/mol. The van der Waals surface area contributed by atoms with Crippen LogP contribution < -0.4 is 0 Å². The van der Waals surface area contributed by atoms with Crippen molar-refractivity contribution in [1.29, 1.82) is 0 Å². The Morgan fingerprint density at radius 1 is 1.08 bits per heavy atom. The van der Waals surface area contributed by atoms with Crippen LogP contribution >= 0.6 is 0 Å². The lowest BCUT2D eigenvalue weighted by molar-refractivity contribution is -0.397. The molecule has 78 valence electrons. The molecule has 2 nitrogen and oxygen atoms in total. The van der Waals surface area contributed by atoms with Gasteiger partial charge in [-0.1, -0.05) is 6.08 Å². The van der Waals surface area contributed by atoms with Crippen LogP contribution in [-0.2, 0) is 9.78 Å². The average Bonchev–Trinajstić information content (AvgIpc) is 1.97. The summed E-state index contributed by atoms with van der Waals surface area (Å²) in [6, 6.07) is 0. The SMILES string of the molecule is C=CCCC(C)(C)OOC(C)(C)C. The first-order valence-electron chi connectivity index (χ1n) is 4.74. The van der Waals surface area contributed by atoms with Gasteiger partial charge in [0, 0.05) is 0 Å². The Bertz CT molecular complexity index is 154. The highest BCUT2D eigenvalue weighted by molar-refractivity contribution is 4.74. The molecule has 0 saturated heterocycles. The third-order valence-electron chi connectivity index (χ3n) is 1.47. The van der Waals surface area contributed by atoms with E-state index in [0.29, 0.717) is 0 Å². The van der Waals surface area contributed by atoms with Gasteiger partial charge in [-0.2, -0.15) is 0 Å². The molecule has 0 rings (SSSR count). The van der Waals surface area contributed by atoms with Gasteiger partial charge in [-0.3, -0.25) is 0 Å². The first-order valence-corrected chi connectivity index (χ1v) is 4.74.